The van der Waals surface area contributed by atoms with Crippen molar-refractivity contribution < 1.29 is 4.79 Å². The normalized spacial score (nSPS) is 10.7. The highest BCUT2D eigenvalue weighted by Crippen LogP contribution is 2.15. The lowest BCUT2D eigenvalue weighted by molar-refractivity contribution is 0.0947. The zero-order chi connectivity index (χ0) is 14.7. The number of H-pyrrole nitrogens is 1. The second kappa shape index (κ2) is 5.79. The quantitative estimate of drug-likeness (QED) is 0.771. The van der Waals surface area contributed by atoms with Gasteiger partial charge >= 0.3 is 0 Å². The molecule has 0 fully saturated rings. The maximum atomic E-state index is 12.2. The van der Waals surface area contributed by atoms with Gasteiger partial charge in [-0.25, -0.2) is 0 Å². The van der Waals surface area contributed by atoms with Gasteiger partial charge in [-0.05, 0) is 23.6 Å². The summed E-state index contributed by atoms with van der Waals surface area (Å²) in [5.74, 6) is -0.160. The van der Waals surface area contributed by atoms with Crippen molar-refractivity contribution in [3.05, 3.63) is 65.4 Å². The van der Waals surface area contributed by atoms with Crippen LogP contribution in [0.1, 0.15) is 28.5 Å². The summed E-state index contributed by atoms with van der Waals surface area (Å²) >= 11 is 0. The van der Waals surface area contributed by atoms with E-state index in [0.717, 1.165) is 22.9 Å². The van der Waals surface area contributed by atoms with E-state index < -0.39 is 0 Å². The van der Waals surface area contributed by atoms with Crippen molar-refractivity contribution >= 4 is 16.8 Å². The highest BCUT2D eigenvalue weighted by molar-refractivity contribution is 6.04. The SMILES string of the molecule is CCc1ccc(CNC(=O)c2n[nH]c3ccccc23)cc1. The molecule has 0 bridgehead atoms. The molecule has 0 radical (unpaired) electrons. The number of aromatic nitrogens is 2. The van der Waals surface area contributed by atoms with E-state index in [4.69, 9.17) is 0 Å². The molecular formula is C17H17N3O. The van der Waals surface area contributed by atoms with Gasteiger partial charge in [0.1, 0.15) is 0 Å². The van der Waals surface area contributed by atoms with Crippen molar-refractivity contribution in [1.82, 2.24) is 15.5 Å². The van der Waals surface area contributed by atoms with Gasteiger partial charge in [0.05, 0.1) is 5.52 Å². The second-order valence-corrected chi connectivity index (χ2v) is 4.97. The molecule has 0 aliphatic heterocycles. The first kappa shape index (κ1) is 13.4. The molecule has 106 valence electrons. The zero-order valence-corrected chi connectivity index (χ0v) is 11.9. The lowest BCUT2D eigenvalue weighted by Gasteiger charge is -2.05. The van der Waals surface area contributed by atoms with Crippen molar-refractivity contribution in [2.45, 2.75) is 19.9 Å². The van der Waals surface area contributed by atoms with E-state index in [1.165, 1.54) is 5.56 Å². The summed E-state index contributed by atoms with van der Waals surface area (Å²) in [6.07, 6.45) is 1.02. The van der Waals surface area contributed by atoms with Crippen LogP contribution >= 0.6 is 0 Å². The summed E-state index contributed by atoms with van der Waals surface area (Å²) in [7, 11) is 0. The molecule has 0 saturated heterocycles. The van der Waals surface area contributed by atoms with Crippen LogP contribution in [0.4, 0.5) is 0 Å². The van der Waals surface area contributed by atoms with E-state index >= 15 is 0 Å². The minimum atomic E-state index is -0.160. The monoisotopic (exact) mass is 279 g/mol. The van der Waals surface area contributed by atoms with Crippen molar-refractivity contribution in [2.24, 2.45) is 0 Å². The number of benzene rings is 2. The first-order valence-corrected chi connectivity index (χ1v) is 7.07. The molecule has 2 N–H and O–H groups in total. The summed E-state index contributed by atoms with van der Waals surface area (Å²) in [5.41, 5.74) is 3.69. The molecule has 4 heteroatoms. The Morgan fingerprint density at radius 3 is 2.57 bits per heavy atom. The first-order chi connectivity index (χ1) is 10.3. The third-order valence-corrected chi connectivity index (χ3v) is 3.57. The largest absolute Gasteiger partial charge is 0.347 e. The summed E-state index contributed by atoms with van der Waals surface area (Å²) in [6.45, 7) is 2.63. The third-order valence-electron chi connectivity index (χ3n) is 3.57. The average Bonchev–Trinajstić information content (AvgIpc) is 2.97. The number of fused-ring (bicyclic) bond motifs is 1. The van der Waals surface area contributed by atoms with Crippen molar-refractivity contribution in [1.29, 1.82) is 0 Å². The standard InChI is InChI=1S/C17H17N3O/c1-2-12-7-9-13(10-8-12)11-18-17(21)16-14-5-3-4-6-15(14)19-20-16/h3-10H,2,11H2,1H3,(H,18,21)(H,19,20). The molecule has 1 heterocycles. The van der Waals surface area contributed by atoms with Crippen LogP contribution in [0, 0.1) is 0 Å². The van der Waals surface area contributed by atoms with Gasteiger partial charge in [0, 0.05) is 11.9 Å². The van der Waals surface area contributed by atoms with Crippen LogP contribution in [-0.2, 0) is 13.0 Å². The number of carbonyl (C=O) groups excluding carboxylic acids is 1. The summed E-state index contributed by atoms with van der Waals surface area (Å²) in [6, 6.07) is 15.9. The smallest absolute Gasteiger partial charge is 0.272 e. The number of nitrogens with zero attached hydrogens (tertiary/aromatic N) is 1. The molecule has 2 aromatic carbocycles. The molecule has 4 nitrogen and oxygen atoms in total. The Morgan fingerprint density at radius 2 is 1.81 bits per heavy atom. The maximum Gasteiger partial charge on any atom is 0.272 e. The molecule has 21 heavy (non-hydrogen) atoms. The second-order valence-electron chi connectivity index (χ2n) is 4.97. The van der Waals surface area contributed by atoms with Gasteiger partial charge in [-0.15, -0.1) is 0 Å². The van der Waals surface area contributed by atoms with Crippen LogP contribution in [0.15, 0.2) is 48.5 Å². The molecule has 0 aliphatic rings. The number of hydrogen-bond acceptors (Lipinski definition) is 2. The van der Waals surface area contributed by atoms with Crippen molar-refractivity contribution in [3.63, 3.8) is 0 Å². The molecule has 0 spiro atoms. The molecule has 0 aliphatic carbocycles. The first-order valence-electron chi connectivity index (χ1n) is 7.07. The molecule has 3 aromatic rings. The average molecular weight is 279 g/mol. The third kappa shape index (κ3) is 2.79. The Labute approximate surface area is 123 Å². The zero-order valence-electron chi connectivity index (χ0n) is 11.9. The number of hydrogen-bond donors (Lipinski definition) is 2. The number of aryl methyl sites for hydroxylation is 1. The number of amides is 1. The minimum Gasteiger partial charge on any atom is -0.347 e. The highest BCUT2D eigenvalue weighted by Gasteiger charge is 2.13. The van der Waals surface area contributed by atoms with Gasteiger partial charge in [0.25, 0.3) is 5.91 Å². The fourth-order valence-electron chi connectivity index (χ4n) is 2.30. The Balaban J connectivity index is 1.71. The van der Waals surface area contributed by atoms with Crippen LogP contribution in [0.3, 0.4) is 0 Å². The summed E-state index contributed by atoms with van der Waals surface area (Å²) in [5, 5.41) is 10.7. The fraction of sp³-hybridized carbons (Fsp3) is 0.176. The number of aromatic amines is 1. The predicted octanol–water partition coefficient (Wildman–Crippen LogP) is 3.06. The van der Waals surface area contributed by atoms with Gasteiger partial charge in [-0.2, -0.15) is 5.10 Å². The summed E-state index contributed by atoms with van der Waals surface area (Å²) in [4.78, 5) is 12.2. The molecular weight excluding hydrogens is 262 g/mol. The number of nitrogens with one attached hydrogen (secondary N) is 2. The van der Waals surface area contributed by atoms with Crippen LogP contribution < -0.4 is 5.32 Å². The molecule has 0 atom stereocenters. The van der Waals surface area contributed by atoms with Gasteiger partial charge in [-0.3, -0.25) is 9.89 Å². The fourth-order valence-corrected chi connectivity index (χ4v) is 2.30. The Kier molecular flexibility index (Phi) is 3.69. The lowest BCUT2D eigenvalue weighted by Crippen LogP contribution is -2.23. The van der Waals surface area contributed by atoms with E-state index in [2.05, 4.69) is 34.6 Å². The van der Waals surface area contributed by atoms with E-state index in [-0.39, 0.29) is 5.91 Å². The molecule has 0 saturated carbocycles. The van der Waals surface area contributed by atoms with E-state index in [1.807, 2.05) is 36.4 Å². The van der Waals surface area contributed by atoms with Crippen LogP contribution in [0.2, 0.25) is 0 Å². The predicted molar refractivity (Wildman–Crippen MR) is 83.1 cm³/mol. The van der Waals surface area contributed by atoms with Gasteiger partial charge in [0.15, 0.2) is 5.69 Å². The summed E-state index contributed by atoms with van der Waals surface area (Å²) < 4.78 is 0. The van der Waals surface area contributed by atoms with E-state index in [0.29, 0.717) is 12.2 Å². The Morgan fingerprint density at radius 1 is 1.10 bits per heavy atom. The topological polar surface area (TPSA) is 57.8 Å². The highest BCUT2D eigenvalue weighted by atomic mass is 16.1. The van der Waals surface area contributed by atoms with Crippen LogP contribution in [0.5, 0.6) is 0 Å². The lowest BCUT2D eigenvalue weighted by atomic mass is 10.1. The van der Waals surface area contributed by atoms with Gasteiger partial charge < -0.3 is 5.32 Å². The maximum absolute atomic E-state index is 12.2. The molecule has 1 amide bonds. The number of para-hydroxylation sites is 1. The van der Waals surface area contributed by atoms with Gasteiger partial charge in [0.2, 0.25) is 0 Å². The van der Waals surface area contributed by atoms with Crippen molar-refractivity contribution in [3.8, 4) is 0 Å². The van der Waals surface area contributed by atoms with E-state index in [1.54, 1.807) is 0 Å². The molecule has 0 unspecified atom stereocenters. The van der Waals surface area contributed by atoms with E-state index in [9.17, 15) is 4.79 Å². The molecule has 3 rings (SSSR count). The Hall–Kier alpha value is -2.62. The number of rotatable bonds is 4. The van der Waals surface area contributed by atoms with Crippen LogP contribution in [-0.4, -0.2) is 16.1 Å². The minimum absolute atomic E-state index is 0.160. The van der Waals surface area contributed by atoms with Crippen molar-refractivity contribution in [2.75, 3.05) is 0 Å². The Bertz CT molecular complexity index is 759. The number of carbonyl (C=O) groups is 1. The molecule has 1 aromatic heterocycles. The van der Waals surface area contributed by atoms with Crippen LogP contribution in [0.25, 0.3) is 10.9 Å². The van der Waals surface area contributed by atoms with Gasteiger partial charge in [-0.1, -0.05) is 49.4 Å².